The number of ether oxygens (including phenoxy) is 1. The first-order chi connectivity index (χ1) is 13.2. The van der Waals surface area contributed by atoms with Gasteiger partial charge in [0.15, 0.2) is 5.13 Å². The van der Waals surface area contributed by atoms with Crippen molar-refractivity contribution in [2.24, 2.45) is 0 Å². The minimum atomic E-state index is -0.117. The lowest BCUT2D eigenvalue weighted by molar-refractivity contribution is -0.115. The molecule has 0 aliphatic rings. The lowest BCUT2D eigenvalue weighted by Crippen LogP contribution is -2.13. The number of nitrogens with zero attached hydrogens (tertiary/aromatic N) is 1. The fourth-order valence-electron chi connectivity index (χ4n) is 2.91. The Morgan fingerprint density at radius 2 is 2.07 bits per heavy atom. The summed E-state index contributed by atoms with van der Waals surface area (Å²) >= 11 is 1.49. The second kappa shape index (κ2) is 7.63. The summed E-state index contributed by atoms with van der Waals surface area (Å²) in [5.74, 6) is 0.607. The SMILES string of the molecule is COc1ccc2c(CC(=O)Nc3ncc(Cc4ccccc4)s3)coc2c1. The van der Waals surface area contributed by atoms with Crippen LogP contribution in [0.1, 0.15) is 16.0 Å². The summed E-state index contributed by atoms with van der Waals surface area (Å²) in [5.41, 5.74) is 2.77. The molecular weight excluding hydrogens is 360 g/mol. The summed E-state index contributed by atoms with van der Waals surface area (Å²) in [6.45, 7) is 0. The summed E-state index contributed by atoms with van der Waals surface area (Å²) in [5, 5.41) is 4.40. The summed E-state index contributed by atoms with van der Waals surface area (Å²) in [7, 11) is 1.61. The zero-order chi connectivity index (χ0) is 18.6. The van der Waals surface area contributed by atoms with E-state index in [-0.39, 0.29) is 12.3 Å². The van der Waals surface area contributed by atoms with Gasteiger partial charge in [-0.15, -0.1) is 11.3 Å². The summed E-state index contributed by atoms with van der Waals surface area (Å²) in [6, 6.07) is 15.8. The molecule has 0 unspecified atom stereocenters. The lowest BCUT2D eigenvalue weighted by atomic mass is 10.1. The molecule has 2 aromatic heterocycles. The number of furan rings is 1. The Balaban J connectivity index is 1.41. The number of methoxy groups -OCH3 is 1. The van der Waals surface area contributed by atoms with Crippen molar-refractivity contribution >= 4 is 33.3 Å². The third-order valence-electron chi connectivity index (χ3n) is 4.23. The van der Waals surface area contributed by atoms with Gasteiger partial charge in [-0.25, -0.2) is 4.98 Å². The molecule has 0 radical (unpaired) electrons. The molecule has 6 heteroatoms. The number of fused-ring (bicyclic) bond motifs is 1. The van der Waals surface area contributed by atoms with E-state index in [0.29, 0.717) is 10.7 Å². The maximum absolute atomic E-state index is 12.4. The Morgan fingerprint density at radius 3 is 2.89 bits per heavy atom. The Morgan fingerprint density at radius 1 is 1.22 bits per heavy atom. The van der Waals surface area contributed by atoms with Crippen molar-refractivity contribution in [1.82, 2.24) is 4.98 Å². The van der Waals surface area contributed by atoms with Gasteiger partial charge in [0.1, 0.15) is 11.3 Å². The number of carbonyl (C=O) groups is 1. The van der Waals surface area contributed by atoms with E-state index in [4.69, 9.17) is 9.15 Å². The van der Waals surface area contributed by atoms with Crippen LogP contribution in [0, 0.1) is 0 Å². The van der Waals surface area contributed by atoms with Gasteiger partial charge in [-0.1, -0.05) is 30.3 Å². The van der Waals surface area contributed by atoms with E-state index in [9.17, 15) is 4.79 Å². The molecule has 5 nitrogen and oxygen atoms in total. The predicted octanol–water partition coefficient (Wildman–Crippen LogP) is 4.67. The third-order valence-corrected chi connectivity index (χ3v) is 5.15. The molecule has 0 aliphatic heterocycles. The predicted molar refractivity (Wildman–Crippen MR) is 106 cm³/mol. The van der Waals surface area contributed by atoms with E-state index in [2.05, 4.69) is 22.4 Å². The van der Waals surface area contributed by atoms with E-state index in [0.717, 1.165) is 28.0 Å². The number of nitrogens with one attached hydrogen (secondary N) is 1. The first-order valence-electron chi connectivity index (χ1n) is 8.54. The molecular formula is C21H18N2O3S. The molecule has 0 aliphatic carbocycles. The Hall–Kier alpha value is -3.12. The topological polar surface area (TPSA) is 64.4 Å². The van der Waals surface area contributed by atoms with Gasteiger partial charge in [0.2, 0.25) is 5.91 Å². The number of carbonyl (C=O) groups excluding carboxylic acids is 1. The van der Waals surface area contributed by atoms with E-state index in [1.165, 1.54) is 16.9 Å². The number of anilines is 1. The molecule has 0 atom stereocenters. The van der Waals surface area contributed by atoms with Crippen molar-refractivity contribution in [1.29, 1.82) is 0 Å². The number of benzene rings is 2. The molecule has 2 heterocycles. The number of amides is 1. The zero-order valence-corrected chi connectivity index (χ0v) is 15.6. The summed E-state index contributed by atoms with van der Waals surface area (Å²) < 4.78 is 10.7. The molecule has 1 amide bonds. The molecule has 0 saturated heterocycles. The maximum atomic E-state index is 12.4. The highest BCUT2D eigenvalue weighted by Crippen LogP contribution is 2.26. The summed E-state index contributed by atoms with van der Waals surface area (Å²) in [6.07, 6.45) is 4.47. The first kappa shape index (κ1) is 17.3. The standard InChI is InChI=1S/C21H18N2O3S/c1-25-16-7-8-18-15(13-26-19(18)11-16)10-20(24)23-21-22-12-17(27-21)9-14-5-3-2-4-6-14/h2-8,11-13H,9-10H2,1H3,(H,22,23,24). The minimum absolute atomic E-state index is 0.117. The van der Waals surface area contributed by atoms with Gasteiger partial charge in [0, 0.05) is 34.5 Å². The van der Waals surface area contributed by atoms with Gasteiger partial charge in [0.25, 0.3) is 0 Å². The second-order valence-electron chi connectivity index (χ2n) is 6.14. The number of hydrogen-bond acceptors (Lipinski definition) is 5. The van der Waals surface area contributed by atoms with Crippen LogP contribution in [-0.4, -0.2) is 18.0 Å². The first-order valence-corrected chi connectivity index (χ1v) is 9.35. The highest BCUT2D eigenvalue weighted by molar-refractivity contribution is 7.15. The van der Waals surface area contributed by atoms with Crippen molar-refractivity contribution in [3.8, 4) is 5.75 Å². The Kier molecular flexibility index (Phi) is 4.89. The van der Waals surface area contributed by atoms with Gasteiger partial charge in [-0.3, -0.25) is 4.79 Å². The highest BCUT2D eigenvalue weighted by Gasteiger charge is 2.13. The number of aromatic nitrogens is 1. The van der Waals surface area contributed by atoms with Crippen LogP contribution in [0.3, 0.4) is 0 Å². The normalized spacial score (nSPS) is 10.9. The van der Waals surface area contributed by atoms with Crippen LogP contribution in [0.25, 0.3) is 11.0 Å². The van der Waals surface area contributed by atoms with Crippen LogP contribution in [-0.2, 0) is 17.6 Å². The van der Waals surface area contributed by atoms with Crippen LogP contribution in [0.15, 0.2) is 65.4 Å². The highest BCUT2D eigenvalue weighted by atomic mass is 32.1. The average Bonchev–Trinajstić information content (AvgIpc) is 3.29. The van der Waals surface area contributed by atoms with Gasteiger partial charge in [-0.2, -0.15) is 0 Å². The molecule has 0 saturated carbocycles. The lowest BCUT2D eigenvalue weighted by Gasteiger charge is -2.01. The molecule has 4 aromatic rings. The average molecular weight is 378 g/mol. The van der Waals surface area contributed by atoms with E-state index in [1.807, 2.05) is 42.6 Å². The molecule has 0 bridgehead atoms. The van der Waals surface area contributed by atoms with E-state index < -0.39 is 0 Å². The minimum Gasteiger partial charge on any atom is -0.497 e. The molecule has 0 fully saturated rings. The molecule has 1 N–H and O–H groups in total. The number of thiazole rings is 1. The van der Waals surface area contributed by atoms with Gasteiger partial charge < -0.3 is 14.5 Å². The van der Waals surface area contributed by atoms with E-state index >= 15 is 0 Å². The molecule has 0 spiro atoms. The summed E-state index contributed by atoms with van der Waals surface area (Å²) in [4.78, 5) is 17.8. The smallest absolute Gasteiger partial charge is 0.230 e. The third kappa shape index (κ3) is 4.01. The van der Waals surface area contributed by atoms with Crippen molar-refractivity contribution in [2.75, 3.05) is 12.4 Å². The fraction of sp³-hybridized carbons (Fsp3) is 0.143. The van der Waals surface area contributed by atoms with Crippen LogP contribution in [0.2, 0.25) is 0 Å². The fourth-order valence-corrected chi connectivity index (χ4v) is 3.77. The van der Waals surface area contributed by atoms with Gasteiger partial charge >= 0.3 is 0 Å². The maximum Gasteiger partial charge on any atom is 0.230 e. The zero-order valence-electron chi connectivity index (χ0n) is 14.8. The van der Waals surface area contributed by atoms with Crippen LogP contribution >= 0.6 is 11.3 Å². The van der Waals surface area contributed by atoms with Crippen molar-refractivity contribution in [3.63, 3.8) is 0 Å². The van der Waals surface area contributed by atoms with Crippen LogP contribution in [0.4, 0.5) is 5.13 Å². The molecule has 4 rings (SSSR count). The van der Waals surface area contributed by atoms with Crippen LogP contribution < -0.4 is 10.1 Å². The number of rotatable bonds is 6. The Labute approximate surface area is 160 Å². The largest absolute Gasteiger partial charge is 0.497 e. The van der Waals surface area contributed by atoms with Gasteiger partial charge in [-0.05, 0) is 17.7 Å². The number of hydrogen-bond donors (Lipinski definition) is 1. The molecule has 27 heavy (non-hydrogen) atoms. The quantitative estimate of drug-likeness (QED) is 0.529. The van der Waals surface area contributed by atoms with Crippen molar-refractivity contribution < 1.29 is 13.9 Å². The van der Waals surface area contributed by atoms with Crippen molar-refractivity contribution in [2.45, 2.75) is 12.8 Å². The Bertz CT molecular complexity index is 1070. The van der Waals surface area contributed by atoms with E-state index in [1.54, 1.807) is 13.4 Å². The van der Waals surface area contributed by atoms with Gasteiger partial charge in [0.05, 0.1) is 19.8 Å². The van der Waals surface area contributed by atoms with Crippen molar-refractivity contribution in [3.05, 3.63) is 77.0 Å². The van der Waals surface area contributed by atoms with Crippen LogP contribution in [0.5, 0.6) is 5.75 Å². The monoisotopic (exact) mass is 378 g/mol. The molecule has 2 aromatic carbocycles. The molecule has 136 valence electrons. The second-order valence-corrected chi connectivity index (χ2v) is 7.26.